The van der Waals surface area contributed by atoms with E-state index in [9.17, 15) is 0 Å². The smallest absolute Gasteiger partial charge is 0.281 e. The molecule has 1 N–H and O–H groups in total. The van der Waals surface area contributed by atoms with Crippen molar-refractivity contribution in [3.8, 4) is 5.88 Å². The van der Waals surface area contributed by atoms with E-state index in [1.165, 1.54) is 11.1 Å². The fraction of sp³-hybridized carbons (Fsp3) is 0.556. The molecule has 2 aliphatic rings. The van der Waals surface area contributed by atoms with Crippen molar-refractivity contribution in [3.05, 3.63) is 11.1 Å². The molecule has 0 spiro atoms. The maximum Gasteiger partial charge on any atom is 0.281 e. The van der Waals surface area contributed by atoms with E-state index in [1.807, 2.05) is 0 Å². The fourth-order valence-electron chi connectivity index (χ4n) is 3.95. The predicted octanol–water partition coefficient (Wildman–Crippen LogP) is 1.75. The van der Waals surface area contributed by atoms with Crippen molar-refractivity contribution in [1.29, 1.82) is 0 Å². The molecule has 0 aliphatic carbocycles. The zero-order valence-electron chi connectivity index (χ0n) is 15.7. The van der Waals surface area contributed by atoms with Crippen LogP contribution in [0.5, 0.6) is 5.88 Å². The van der Waals surface area contributed by atoms with E-state index in [1.54, 1.807) is 18.4 Å². The molecule has 0 amide bonds. The molecule has 0 unspecified atom stereocenters. The summed E-state index contributed by atoms with van der Waals surface area (Å²) in [4.78, 5) is 7.08. The zero-order chi connectivity index (χ0) is 18.6. The van der Waals surface area contributed by atoms with Gasteiger partial charge in [-0.05, 0) is 24.6 Å². The summed E-state index contributed by atoms with van der Waals surface area (Å²) in [7, 11) is 1.61. The molecule has 8 nitrogen and oxygen atoms in total. The summed E-state index contributed by atoms with van der Waals surface area (Å²) >= 11 is 1.62. The van der Waals surface area contributed by atoms with Crippen molar-refractivity contribution in [2.45, 2.75) is 32.5 Å². The van der Waals surface area contributed by atoms with Crippen molar-refractivity contribution in [1.82, 2.24) is 15.4 Å². The van der Waals surface area contributed by atoms with Gasteiger partial charge in [0.15, 0.2) is 4.83 Å². The molecule has 9 heteroatoms. The lowest BCUT2D eigenvalue weighted by Gasteiger charge is -2.33. The topological polar surface area (TPSA) is 83.7 Å². The minimum absolute atomic E-state index is 0.220. The minimum Gasteiger partial charge on any atom is -0.479 e. The van der Waals surface area contributed by atoms with Gasteiger partial charge in [0.1, 0.15) is 23.3 Å². The van der Waals surface area contributed by atoms with Crippen LogP contribution in [0.25, 0.3) is 20.4 Å². The van der Waals surface area contributed by atoms with Crippen LogP contribution in [0.2, 0.25) is 0 Å². The van der Waals surface area contributed by atoms with Crippen LogP contribution >= 0.6 is 11.3 Å². The quantitative estimate of drug-likeness (QED) is 0.661. The number of methoxy groups -OCH3 is 1. The highest BCUT2D eigenvalue weighted by Crippen LogP contribution is 2.42. The van der Waals surface area contributed by atoms with Crippen LogP contribution in [-0.2, 0) is 22.5 Å². The number of pyridine rings is 1. The first-order valence-electron chi connectivity index (χ1n) is 9.10. The van der Waals surface area contributed by atoms with Crippen molar-refractivity contribution in [2.24, 2.45) is 0 Å². The number of morpholine rings is 1. The minimum atomic E-state index is -0.220. The molecular formula is C18H22N5O3S+. The van der Waals surface area contributed by atoms with Crippen LogP contribution in [0.4, 0.5) is 5.82 Å². The summed E-state index contributed by atoms with van der Waals surface area (Å²) in [6.45, 7) is 8.06. The third kappa shape index (κ3) is 2.72. The Bertz CT molecular complexity index is 1030. The highest BCUT2D eigenvalue weighted by Gasteiger charge is 2.36. The number of aromatic amines is 1. The summed E-state index contributed by atoms with van der Waals surface area (Å²) in [5.74, 6) is 1.64. The summed E-state index contributed by atoms with van der Waals surface area (Å²) in [6.07, 6.45) is 0.822. The molecule has 0 saturated carbocycles. The largest absolute Gasteiger partial charge is 0.479 e. The number of anilines is 1. The second kappa shape index (κ2) is 6.22. The van der Waals surface area contributed by atoms with Crippen molar-refractivity contribution in [3.63, 3.8) is 0 Å². The van der Waals surface area contributed by atoms with Gasteiger partial charge in [0, 0.05) is 6.42 Å². The van der Waals surface area contributed by atoms with Gasteiger partial charge in [-0.15, -0.1) is 5.10 Å². The normalized spacial score (nSPS) is 19.4. The maximum atomic E-state index is 6.16. The van der Waals surface area contributed by atoms with Crippen LogP contribution in [0.1, 0.15) is 25.0 Å². The standard InChI is InChI=1S/C18H21N5O3S/c1-18(2)8-10-11(9-26-18)15(23-4-6-25-7-5-23)19-17-12(10)13-14(27-17)16(24-3)21-22-20-13/h4-9H2,1-3H3/p+1. The molecular weight excluding hydrogens is 366 g/mol. The predicted molar refractivity (Wildman–Crippen MR) is 101 cm³/mol. The molecule has 1 saturated heterocycles. The van der Waals surface area contributed by atoms with Gasteiger partial charge in [0.05, 0.1) is 43.5 Å². The summed E-state index contributed by atoms with van der Waals surface area (Å²) in [5, 5.41) is 13.4. The molecule has 27 heavy (non-hydrogen) atoms. The van der Waals surface area contributed by atoms with Crippen molar-refractivity contribution < 1.29 is 19.2 Å². The highest BCUT2D eigenvalue weighted by atomic mass is 32.1. The number of H-pyrrole nitrogens is 1. The maximum absolute atomic E-state index is 6.16. The van der Waals surface area contributed by atoms with E-state index in [4.69, 9.17) is 14.2 Å². The number of hydrogen-bond acceptors (Lipinski definition) is 8. The van der Waals surface area contributed by atoms with E-state index < -0.39 is 0 Å². The van der Waals surface area contributed by atoms with Crippen molar-refractivity contribution >= 4 is 37.6 Å². The lowest BCUT2D eigenvalue weighted by molar-refractivity contribution is -0.329. The van der Waals surface area contributed by atoms with E-state index in [0.29, 0.717) is 12.5 Å². The molecule has 142 valence electrons. The Kier molecular flexibility index (Phi) is 3.92. The number of hydrogen-bond donors (Lipinski definition) is 0. The van der Waals surface area contributed by atoms with Crippen LogP contribution in [0.15, 0.2) is 0 Å². The van der Waals surface area contributed by atoms with E-state index in [0.717, 1.165) is 59.0 Å². The zero-order valence-corrected chi connectivity index (χ0v) is 16.5. The summed E-state index contributed by atoms with van der Waals surface area (Å²) in [5.41, 5.74) is 3.12. The molecule has 2 aliphatic heterocycles. The van der Waals surface area contributed by atoms with Gasteiger partial charge in [0.25, 0.3) is 11.7 Å². The molecule has 0 radical (unpaired) electrons. The van der Waals surface area contributed by atoms with Crippen LogP contribution in [0.3, 0.4) is 0 Å². The molecule has 0 atom stereocenters. The van der Waals surface area contributed by atoms with Gasteiger partial charge in [-0.1, -0.05) is 16.4 Å². The number of thiophene rings is 1. The van der Waals surface area contributed by atoms with Gasteiger partial charge in [-0.3, -0.25) is 4.90 Å². The summed E-state index contributed by atoms with van der Waals surface area (Å²) in [6, 6.07) is 0. The monoisotopic (exact) mass is 388 g/mol. The first-order chi connectivity index (χ1) is 13.1. The Labute approximate surface area is 160 Å². The highest BCUT2D eigenvalue weighted by molar-refractivity contribution is 7.25. The first-order valence-corrected chi connectivity index (χ1v) is 9.92. The number of ether oxygens (including phenoxy) is 3. The van der Waals surface area contributed by atoms with Crippen LogP contribution in [0, 0.1) is 0 Å². The molecule has 3 aromatic rings. The second-order valence-corrected chi connectivity index (χ2v) is 8.56. The third-order valence-corrected chi connectivity index (χ3v) is 6.35. The molecule has 5 rings (SSSR count). The number of nitrogens with zero attached hydrogens (tertiary/aromatic N) is 4. The van der Waals surface area contributed by atoms with Gasteiger partial charge in [0.2, 0.25) is 0 Å². The Morgan fingerprint density at radius 3 is 2.78 bits per heavy atom. The van der Waals surface area contributed by atoms with E-state index in [2.05, 4.69) is 39.1 Å². The van der Waals surface area contributed by atoms with Gasteiger partial charge in [-0.25, -0.2) is 4.98 Å². The SMILES string of the molecule is COc1nnnc2c1sc1[nH+]c(N3CCOCC3)c3c(c12)CC(C)(C)OC3. The first kappa shape index (κ1) is 17.0. The Morgan fingerprint density at radius 2 is 2.00 bits per heavy atom. The average Bonchev–Trinajstić information content (AvgIpc) is 3.06. The number of nitrogens with one attached hydrogen (secondary N) is 1. The molecule has 5 heterocycles. The van der Waals surface area contributed by atoms with Gasteiger partial charge in [-0.2, -0.15) is 0 Å². The van der Waals surface area contributed by atoms with E-state index in [-0.39, 0.29) is 5.60 Å². The third-order valence-electron chi connectivity index (χ3n) is 5.27. The fourth-order valence-corrected chi connectivity index (χ4v) is 5.07. The van der Waals surface area contributed by atoms with Crippen LogP contribution in [-0.4, -0.2) is 54.4 Å². The Morgan fingerprint density at radius 1 is 1.19 bits per heavy atom. The molecule has 3 aromatic heterocycles. The van der Waals surface area contributed by atoms with Gasteiger partial charge >= 0.3 is 0 Å². The van der Waals surface area contributed by atoms with Gasteiger partial charge < -0.3 is 14.2 Å². The van der Waals surface area contributed by atoms with Crippen molar-refractivity contribution in [2.75, 3.05) is 38.3 Å². The number of aromatic nitrogens is 4. The summed E-state index contributed by atoms with van der Waals surface area (Å²) < 4.78 is 18.0. The Hall–Kier alpha value is -2.10. The Balaban J connectivity index is 1.81. The molecule has 0 bridgehead atoms. The second-order valence-electron chi connectivity index (χ2n) is 7.54. The lowest BCUT2D eigenvalue weighted by Crippen LogP contribution is -2.42. The van der Waals surface area contributed by atoms with E-state index >= 15 is 0 Å². The van der Waals surface area contributed by atoms with Crippen LogP contribution < -0.4 is 14.6 Å². The lowest BCUT2D eigenvalue weighted by atomic mass is 9.90. The average molecular weight is 388 g/mol. The molecule has 0 aromatic carbocycles. The number of fused-ring (bicyclic) bond motifs is 5. The molecule has 1 fully saturated rings. The number of rotatable bonds is 2.